The first-order valence-corrected chi connectivity index (χ1v) is 3.79. The van der Waals surface area contributed by atoms with E-state index in [0.29, 0.717) is 5.54 Å². The smallest absolute Gasteiger partial charge is 0.0368 e. The van der Waals surface area contributed by atoms with Gasteiger partial charge in [0, 0.05) is 12.1 Å². The summed E-state index contributed by atoms with van der Waals surface area (Å²) in [6, 6.07) is 0. The van der Waals surface area contributed by atoms with Crippen LogP contribution in [0, 0.1) is 5.92 Å². The molecule has 0 aromatic carbocycles. The van der Waals surface area contributed by atoms with Crippen LogP contribution in [0.1, 0.15) is 19.8 Å². The summed E-state index contributed by atoms with van der Waals surface area (Å²) < 4.78 is 0. The minimum absolute atomic E-state index is 0.421. The van der Waals surface area contributed by atoms with E-state index in [1.807, 2.05) is 0 Å². The number of rotatable bonds is 1. The molecular formula is C8H13N. The van der Waals surface area contributed by atoms with Gasteiger partial charge in [0.15, 0.2) is 0 Å². The summed E-state index contributed by atoms with van der Waals surface area (Å²) in [5, 5.41) is 3.53. The van der Waals surface area contributed by atoms with Gasteiger partial charge in [0.25, 0.3) is 0 Å². The van der Waals surface area contributed by atoms with Crippen molar-refractivity contribution in [3.63, 3.8) is 0 Å². The van der Waals surface area contributed by atoms with Crippen LogP contribution in [-0.2, 0) is 0 Å². The van der Waals surface area contributed by atoms with Crippen molar-refractivity contribution in [1.82, 2.24) is 5.32 Å². The standard InChI is InChI=1S/C8H13N/c1-2-8-4-3-7(5-8)6-9-8/h3-4,7,9H,2,5-6H2,1H3. The molecule has 0 spiro atoms. The number of nitrogens with one attached hydrogen (secondary N) is 1. The van der Waals surface area contributed by atoms with Crippen molar-refractivity contribution in [2.45, 2.75) is 25.3 Å². The molecule has 0 amide bonds. The van der Waals surface area contributed by atoms with Crippen molar-refractivity contribution < 1.29 is 0 Å². The minimum Gasteiger partial charge on any atom is -0.307 e. The van der Waals surface area contributed by atoms with Gasteiger partial charge in [-0.1, -0.05) is 19.1 Å². The maximum Gasteiger partial charge on any atom is 0.0368 e. The van der Waals surface area contributed by atoms with E-state index in [0.717, 1.165) is 5.92 Å². The van der Waals surface area contributed by atoms with Gasteiger partial charge >= 0.3 is 0 Å². The molecule has 0 saturated carbocycles. The molecule has 2 rings (SSSR count). The van der Waals surface area contributed by atoms with Gasteiger partial charge in [-0.05, 0) is 18.8 Å². The molecule has 1 saturated heterocycles. The van der Waals surface area contributed by atoms with Crippen LogP contribution in [0.3, 0.4) is 0 Å². The largest absolute Gasteiger partial charge is 0.307 e. The van der Waals surface area contributed by atoms with Gasteiger partial charge in [0.05, 0.1) is 0 Å². The molecule has 2 aliphatic rings. The Balaban J connectivity index is 2.23. The first kappa shape index (κ1) is 5.48. The molecule has 0 radical (unpaired) electrons. The Morgan fingerprint density at radius 1 is 1.78 bits per heavy atom. The number of hydrogen-bond donors (Lipinski definition) is 1. The zero-order valence-corrected chi connectivity index (χ0v) is 5.85. The SMILES string of the molecule is CCC12C=CC(CN1)C2. The van der Waals surface area contributed by atoms with Gasteiger partial charge in [0.2, 0.25) is 0 Å². The molecule has 1 N–H and O–H groups in total. The summed E-state index contributed by atoms with van der Waals surface area (Å²) >= 11 is 0. The van der Waals surface area contributed by atoms with Crippen molar-refractivity contribution in [2.24, 2.45) is 5.92 Å². The third kappa shape index (κ3) is 0.645. The normalized spacial score (nSPS) is 46.6. The topological polar surface area (TPSA) is 12.0 Å². The molecule has 0 aromatic heterocycles. The van der Waals surface area contributed by atoms with E-state index >= 15 is 0 Å². The second kappa shape index (κ2) is 1.60. The molecule has 2 atom stereocenters. The van der Waals surface area contributed by atoms with E-state index < -0.39 is 0 Å². The molecule has 1 nitrogen and oxygen atoms in total. The van der Waals surface area contributed by atoms with Gasteiger partial charge < -0.3 is 5.32 Å². The first-order chi connectivity index (χ1) is 4.35. The number of fused-ring (bicyclic) bond motifs is 2. The van der Waals surface area contributed by atoms with Gasteiger partial charge in [-0.3, -0.25) is 0 Å². The lowest BCUT2D eigenvalue weighted by Crippen LogP contribution is -2.36. The molecule has 1 heterocycles. The summed E-state index contributed by atoms with van der Waals surface area (Å²) in [4.78, 5) is 0. The summed E-state index contributed by atoms with van der Waals surface area (Å²) in [6.07, 6.45) is 7.31. The zero-order chi connectivity index (χ0) is 6.32. The second-order valence-corrected chi connectivity index (χ2v) is 3.21. The van der Waals surface area contributed by atoms with Crippen molar-refractivity contribution >= 4 is 0 Å². The van der Waals surface area contributed by atoms with E-state index in [2.05, 4.69) is 24.4 Å². The Labute approximate surface area is 56.1 Å². The highest BCUT2D eigenvalue weighted by Crippen LogP contribution is 2.35. The molecule has 1 aliphatic heterocycles. The van der Waals surface area contributed by atoms with Crippen LogP contribution in [0.4, 0.5) is 0 Å². The van der Waals surface area contributed by atoms with E-state index in [4.69, 9.17) is 0 Å². The fraction of sp³-hybridized carbons (Fsp3) is 0.750. The van der Waals surface area contributed by atoms with E-state index in [9.17, 15) is 0 Å². The lowest BCUT2D eigenvalue weighted by Gasteiger charge is -2.21. The Morgan fingerprint density at radius 2 is 2.67 bits per heavy atom. The molecule has 0 aromatic rings. The number of hydrogen-bond acceptors (Lipinski definition) is 1. The molecule has 50 valence electrons. The van der Waals surface area contributed by atoms with Gasteiger partial charge in [-0.15, -0.1) is 0 Å². The lowest BCUT2D eigenvalue weighted by atomic mass is 9.98. The van der Waals surface area contributed by atoms with E-state index in [-0.39, 0.29) is 0 Å². The molecular weight excluding hydrogens is 110 g/mol. The maximum atomic E-state index is 3.53. The van der Waals surface area contributed by atoms with Crippen LogP contribution in [0.25, 0.3) is 0 Å². The average molecular weight is 123 g/mol. The monoisotopic (exact) mass is 123 g/mol. The van der Waals surface area contributed by atoms with E-state index in [1.54, 1.807) is 0 Å². The van der Waals surface area contributed by atoms with Crippen LogP contribution in [0.5, 0.6) is 0 Å². The molecule has 1 aliphatic carbocycles. The fourth-order valence-corrected chi connectivity index (χ4v) is 1.92. The summed E-state index contributed by atoms with van der Waals surface area (Å²) in [6.45, 7) is 3.47. The Hall–Kier alpha value is -0.300. The molecule has 1 heteroatoms. The van der Waals surface area contributed by atoms with Crippen LogP contribution >= 0.6 is 0 Å². The van der Waals surface area contributed by atoms with Gasteiger partial charge in [-0.2, -0.15) is 0 Å². The summed E-state index contributed by atoms with van der Waals surface area (Å²) in [7, 11) is 0. The third-order valence-electron chi connectivity index (χ3n) is 2.66. The average Bonchev–Trinajstić information content (AvgIpc) is 2.46. The second-order valence-electron chi connectivity index (χ2n) is 3.21. The summed E-state index contributed by atoms with van der Waals surface area (Å²) in [5.41, 5.74) is 0.421. The van der Waals surface area contributed by atoms with Crippen molar-refractivity contribution in [3.05, 3.63) is 12.2 Å². The van der Waals surface area contributed by atoms with Crippen molar-refractivity contribution in [2.75, 3.05) is 6.54 Å². The highest BCUT2D eigenvalue weighted by molar-refractivity contribution is 5.20. The molecule has 2 unspecified atom stereocenters. The minimum atomic E-state index is 0.421. The Morgan fingerprint density at radius 3 is 2.89 bits per heavy atom. The van der Waals surface area contributed by atoms with Gasteiger partial charge in [0.1, 0.15) is 0 Å². The maximum absolute atomic E-state index is 3.53. The van der Waals surface area contributed by atoms with Crippen LogP contribution in [0.15, 0.2) is 12.2 Å². The van der Waals surface area contributed by atoms with Crippen molar-refractivity contribution in [3.8, 4) is 0 Å². The van der Waals surface area contributed by atoms with Crippen LogP contribution in [-0.4, -0.2) is 12.1 Å². The first-order valence-electron chi connectivity index (χ1n) is 3.79. The Bertz CT molecular complexity index is 151. The quantitative estimate of drug-likeness (QED) is 0.518. The predicted octanol–water partition coefficient (Wildman–Crippen LogP) is 1.31. The molecule has 2 bridgehead atoms. The van der Waals surface area contributed by atoms with Crippen LogP contribution in [0.2, 0.25) is 0 Å². The fourth-order valence-electron chi connectivity index (χ4n) is 1.92. The Kier molecular flexibility index (Phi) is 0.974. The molecule has 9 heavy (non-hydrogen) atoms. The van der Waals surface area contributed by atoms with Crippen LogP contribution < -0.4 is 5.32 Å². The highest BCUT2D eigenvalue weighted by atomic mass is 15.0. The lowest BCUT2D eigenvalue weighted by molar-refractivity contribution is 0.461. The van der Waals surface area contributed by atoms with E-state index in [1.165, 1.54) is 19.4 Å². The van der Waals surface area contributed by atoms with Crippen molar-refractivity contribution in [1.29, 1.82) is 0 Å². The third-order valence-corrected chi connectivity index (χ3v) is 2.66. The highest BCUT2D eigenvalue weighted by Gasteiger charge is 2.38. The molecule has 1 fully saturated rings. The summed E-state index contributed by atoms with van der Waals surface area (Å²) in [5.74, 6) is 0.852. The van der Waals surface area contributed by atoms with Gasteiger partial charge in [-0.25, -0.2) is 0 Å². The zero-order valence-electron chi connectivity index (χ0n) is 5.85. The predicted molar refractivity (Wildman–Crippen MR) is 38.3 cm³/mol.